The number of thiazole rings is 1. The summed E-state index contributed by atoms with van der Waals surface area (Å²) >= 11 is 4.53. The maximum Gasteiger partial charge on any atom is 0.258 e. The van der Waals surface area contributed by atoms with E-state index in [1.807, 2.05) is 23.6 Å². The predicted molar refractivity (Wildman–Crippen MR) is 95.7 cm³/mol. The summed E-state index contributed by atoms with van der Waals surface area (Å²) in [6, 6.07) is 9.47. The van der Waals surface area contributed by atoms with Crippen molar-refractivity contribution >= 4 is 38.3 Å². The van der Waals surface area contributed by atoms with Gasteiger partial charge in [-0.15, -0.1) is 11.3 Å². The zero-order valence-electron chi connectivity index (χ0n) is 12.6. The lowest BCUT2D eigenvalue weighted by Gasteiger charge is -2.04. The van der Waals surface area contributed by atoms with E-state index in [1.165, 1.54) is 29.5 Å². The Morgan fingerprint density at radius 1 is 1.20 bits per heavy atom. The lowest BCUT2D eigenvalue weighted by Crippen LogP contribution is -2.12. The average Bonchev–Trinajstić information content (AvgIpc) is 3.25. The smallest absolute Gasteiger partial charge is 0.258 e. The molecule has 1 N–H and O–H groups in total. The number of carbonyl (C=O) groups is 1. The van der Waals surface area contributed by atoms with E-state index < -0.39 is 11.7 Å². The molecule has 0 aliphatic carbocycles. The molecule has 3 aromatic rings. The van der Waals surface area contributed by atoms with Gasteiger partial charge in [-0.05, 0) is 52.3 Å². The summed E-state index contributed by atoms with van der Waals surface area (Å²) in [5, 5.41) is 4.94. The first-order valence-corrected chi connectivity index (χ1v) is 8.89. The minimum absolute atomic E-state index is 0.208. The van der Waals surface area contributed by atoms with E-state index >= 15 is 0 Å². The Labute approximate surface area is 154 Å². The van der Waals surface area contributed by atoms with Gasteiger partial charge in [-0.25, -0.2) is 9.37 Å². The van der Waals surface area contributed by atoms with Gasteiger partial charge in [0.2, 0.25) is 6.79 Å². The van der Waals surface area contributed by atoms with Crippen LogP contribution in [0.5, 0.6) is 11.5 Å². The second kappa shape index (κ2) is 6.45. The number of benzene rings is 2. The molecule has 0 fully saturated rings. The van der Waals surface area contributed by atoms with Crippen molar-refractivity contribution in [1.82, 2.24) is 4.98 Å². The van der Waals surface area contributed by atoms with Crippen LogP contribution in [-0.4, -0.2) is 17.7 Å². The third-order valence-electron chi connectivity index (χ3n) is 3.57. The molecule has 8 heteroatoms. The van der Waals surface area contributed by atoms with Crippen molar-refractivity contribution in [2.45, 2.75) is 0 Å². The summed E-state index contributed by atoms with van der Waals surface area (Å²) in [4.78, 5) is 16.7. The van der Waals surface area contributed by atoms with Gasteiger partial charge >= 0.3 is 0 Å². The molecule has 0 atom stereocenters. The molecule has 0 unspecified atom stereocenters. The molecule has 2 heterocycles. The number of nitrogens with one attached hydrogen (secondary N) is 1. The maximum absolute atomic E-state index is 13.3. The standard InChI is InChI=1S/C17H10BrFN2O3S/c18-12-3-2-10(19)6-11(12)16(22)21-17-20-13(7-25-17)9-1-4-14-15(5-9)24-8-23-14/h1-7H,8H2,(H,20,21,22). The van der Waals surface area contributed by atoms with Crippen LogP contribution in [0.4, 0.5) is 9.52 Å². The van der Waals surface area contributed by atoms with Crippen LogP contribution in [-0.2, 0) is 0 Å². The molecule has 0 saturated heterocycles. The molecular weight excluding hydrogens is 411 g/mol. The molecule has 0 saturated carbocycles. The van der Waals surface area contributed by atoms with Gasteiger partial charge in [0, 0.05) is 15.4 Å². The van der Waals surface area contributed by atoms with Crippen LogP contribution in [0.25, 0.3) is 11.3 Å². The van der Waals surface area contributed by atoms with E-state index in [1.54, 1.807) is 0 Å². The largest absolute Gasteiger partial charge is 0.454 e. The lowest BCUT2D eigenvalue weighted by atomic mass is 10.1. The van der Waals surface area contributed by atoms with Gasteiger partial charge in [0.25, 0.3) is 5.91 Å². The zero-order chi connectivity index (χ0) is 17.4. The third kappa shape index (κ3) is 3.22. The summed E-state index contributed by atoms with van der Waals surface area (Å²) < 4.78 is 24.5. The number of anilines is 1. The Morgan fingerprint density at radius 2 is 2.04 bits per heavy atom. The Kier molecular flexibility index (Phi) is 4.14. The summed E-state index contributed by atoms with van der Waals surface area (Å²) in [5.74, 6) is 0.453. The number of aromatic nitrogens is 1. The lowest BCUT2D eigenvalue weighted by molar-refractivity contribution is 0.102. The van der Waals surface area contributed by atoms with Crippen molar-refractivity contribution in [2.75, 3.05) is 12.1 Å². The van der Waals surface area contributed by atoms with E-state index in [9.17, 15) is 9.18 Å². The highest BCUT2D eigenvalue weighted by atomic mass is 79.9. The molecule has 1 aliphatic heterocycles. The average molecular weight is 421 g/mol. The summed E-state index contributed by atoms with van der Waals surface area (Å²) in [6.07, 6.45) is 0. The van der Waals surface area contributed by atoms with E-state index in [0.29, 0.717) is 26.8 Å². The molecule has 1 amide bonds. The van der Waals surface area contributed by atoms with Crippen LogP contribution < -0.4 is 14.8 Å². The SMILES string of the molecule is O=C(Nc1nc(-c2ccc3c(c2)OCO3)cs1)c1cc(F)ccc1Br. The van der Waals surface area contributed by atoms with Gasteiger partial charge in [0.15, 0.2) is 16.6 Å². The number of fused-ring (bicyclic) bond motifs is 1. The van der Waals surface area contributed by atoms with E-state index in [2.05, 4.69) is 26.2 Å². The van der Waals surface area contributed by atoms with Crippen molar-refractivity contribution in [3.8, 4) is 22.8 Å². The summed E-state index contributed by atoms with van der Waals surface area (Å²) in [7, 11) is 0. The number of hydrogen-bond acceptors (Lipinski definition) is 5. The molecule has 25 heavy (non-hydrogen) atoms. The van der Waals surface area contributed by atoms with E-state index in [4.69, 9.17) is 9.47 Å². The monoisotopic (exact) mass is 420 g/mol. The molecular formula is C17H10BrFN2O3S. The second-order valence-electron chi connectivity index (χ2n) is 5.18. The Morgan fingerprint density at radius 3 is 2.92 bits per heavy atom. The molecule has 0 spiro atoms. The summed E-state index contributed by atoms with van der Waals surface area (Å²) in [6.45, 7) is 0.208. The third-order valence-corrected chi connectivity index (χ3v) is 5.02. The first kappa shape index (κ1) is 16.0. The first-order chi connectivity index (χ1) is 12.1. The van der Waals surface area contributed by atoms with Crippen LogP contribution in [0.3, 0.4) is 0 Å². The molecule has 0 radical (unpaired) electrons. The fourth-order valence-corrected chi connectivity index (χ4v) is 3.50. The molecule has 1 aliphatic rings. The Balaban J connectivity index is 1.55. The van der Waals surface area contributed by atoms with Gasteiger partial charge in [0.1, 0.15) is 5.82 Å². The highest BCUT2D eigenvalue weighted by Gasteiger charge is 2.16. The Hall–Kier alpha value is -2.45. The number of ether oxygens (including phenoxy) is 2. The van der Waals surface area contributed by atoms with Crippen molar-refractivity contribution in [3.63, 3.8) is 0 Å². The minimum atomic E-state index is -0.478. The molecule has 2 aromatic carbocycles. The fraction of sp³-hybridized carbons (Fsp3) is 0.0588. The van der Waals surface area contributed by atoms with E-state index in [0.717, 1.165) is 5.56 Å². The van der Waals surface area contributed by atoms with Gasteiger partial charge in [0.05, 0.1) is 11.3 Å². The molecule has 126 valence electrons. The second-order valence-corrected chi connectivity index (χ2v) is 6.90. The number of nitrogens with zero attached hydrogens (tertiary/aromatic N) is 1. The fourth-order valence-electron chi connectivity index (χ4n) is 2.36. The quantitative estimate of drug-likeness (QED) is 0.667. The number of rotatable bonds is 3. The van der Waals surface area contributed by atoms with Crippen molar-refractivity contribution < 1.29 is 18.7 Å². The number of halogens is 2. The summed E-state index contributed by atoms with van der Waals surface area (Å²) in [5.41, 5.74) is 1.77. The number of carbonyl (C=O) groups excluding carboxylic acids is 1. The highest BCUT2D eigenvalue weighted by molar-refractivity contribution is 9.10. The van der Waals surface area contributed by atoms with Crippen LogP contribution in [0.2, 0.25) is 0 Å². The number of amides is 1. The van der Waals surface area contributed by atoms with Crippen LogP contribution in [0.15, 0.2) is 46.3 Å². The van der Waals surface area contributed by atoms with Crippen LogP contribution in [0.1, 0.15) is 10.4 Å². The highest BCUT2D eigenvalue weighted by Crippen LogP contribution is 2.36. The van der Waals surface area contributed by atoms with Crippen molar-refractivity contribution in [3.05, 3.63) is 57.6 Å². The molecule has 5 nitrogen and oxygen atoms in total. The van der Waals surface area contributed by atoms with Crippen LogP contribution in [0, 0.1) is 5.82 Å². The molecule has 4 rings (SSSR count). The van der Waals surface area contributed by atoms with Crippen molar-refractivity contribution in [2.24, 2.45) is 0 Å². The first-order valence-electron chi connectivity index (χ1n) is 7.22. The molecule has 0 bridgehead atoms. The van der Waals surface area contributed by atoms with Gasteiger partial charge in [-0.3, -0.25) is 10.1 Å². The Bertz CT molecular complexity index is 976. The van der Waals surface area contributed by atoms with Gasteiger partial charge in [-0.1, -0.05) is 0 Å². The van der Waals surface area contributed by atoms with Gasteiger partial charge in [-0.2, -0.15) is 0 Å². The maximum atomic E-state index is 13.3. The number of hydrogen-bond donors (Lipinski definition) is 1. The predicted octanol–water partition coefficient (Wildman–Crippen LogP) is 4.69. The minimum Gasteiger partial charge on any atom is -0.454 e. The molecule has 1 aromatic heterocycles. The normalized spacial score (nSPS) is 12.2. The zero-order valence-corrected chi connectivity index (χ0v) is 15.0. The van der Waals surface area contributed by atoms with Crippen LogP contribution >= 0.6 is 27.3 Å². The van der Waals surface area contributed by atoms with Gasteiger partial charge < -0.3 is 9.47 Å². The van der Waals surface area contributed by atoms with Crippen molar-refractivity contribution in [1.29, 1.82) is 0 Å². The van der Waals surface area contributed by atoms with E-state index in [-0.39, 0.29) is 12.4 Å². The topological polar surface area (TPSA) is 60.5 Å².